The van der Waals surface area contributed by atoms with E-state index in [9.17, 15) is 26.3 Å². The smallest absolute Gasteiger partial charge is 0.422 e. The molecule has 164 valence electrons. The number of aryl methyl sites for hydroxylation is 2. The number of hydrogen-bond acceptors (Lipinski definition) is 3. The zero-order valence-electron chi connectivity index (χ0n) is 15.9. The maximum atomic E-state index is 12.4. The third-order valence-electron chi connectivity index (χ3n) is 3.42. The Hall–Kier alpha value is -2.69. The van der Waals surface area contributed by atoms with E-state index < -0.39 is 25.6 Å². The molecule has 30 heavy (non-hydrogen) atoms. The molecule has 0 saturated carbocycles. The molecule has 0 bridgehead atoms. The molecule has 0 saturated heterocycles. The first kappa shape index (κ1) is 23.6. The van der Waals surface area contributed by atoms with E-state index in [-0.39, 0.29) is 22.3 Å². The molecule has 0 amide bonds. The van der Waals surface area contributed by atoms with Gasteiger partial charge in [-0.3, -0.25) is 0 Å². The molecule has 0 aliphatic heterocycles. The highest BCUT2D eigenvalue weighted by atomic mass is 32.1. The van der Waals surface area contributed by atoms with Crippen molar-refractivity contribution in [3.63, 3.8) is 0 Å². The highest BCUT2D eigenvalue weighted by Gasteiger charge is 2.30. The Balaban J connectivity index is 2.17. The second kappa shape index (κ2) is 9.41. The fourth-order valence-electron chi connectivity index (χ4n) is 2.48. The maximum absolute atomic E-state index is 12.4. The third kappa shape index (κ3) is 8.76. The van der Waals surface area contributed by atoms with Gasteiger partial charge in [0.2, 0.25) is 0 Å². The van der Waals surface area contributed by atoms with Gasteiger partial charge in [0.15, 0.2) is 18.3 Å². The standard InChI is InChI=1S/C19H18F6N2O2S/c1-11-3-12(2)5-13(4-11)26-17(30)27-14-6-15(28-9-18(20,21)22)8-16(7-14)29-10-19(23,24)25/h3-8H,9-10H2,1-2H3,(H2,26,27,30). The van der Waals surface area contributed by atoms with E-state index in [1.165, 1.54) is 12.1 Å². The molecule has 2 rings (SSSR count). The lowest BCUT2D eigenvalue weighted by molar-refractivity contribution is -0.153. The third-order valence-corrected chi connectivity index (χ3v) is 3.63. The molecule has 0 aliphatic carbocycles. The highest BCUT2D eigenvalue weighted by molar-refractivity contribution is 7.80. The number of rotatable bonds is 6. The number of halogens is 6. The summed E-state index contributed by atoms with van der Waals surface area (Å²) in [5, 5.41) is 5.68. The molecular formula is C19H18F6N2O2S. The molecule has 0 radical (unpaired) electrons. The lowest BCUT2D eigenvalue weighted by Gasteiger charge is -2.16. The van der Waals surface area contributed by atoms with Gasteiger partial charge in [0.25, 0.3) is 0 Å². The molecule has 11 heteroatoms. The lowest BCUT2D eigenvalue weighted by atomic mass is 10.1. The fourth-order valence-corrected chi connectivity index (χ4v) is 2.72. The zero-order valence-corrected chi connectivity index (χ0v) is 16.7. The second-order valence-corrected chi connectivity index (χ2v) is 6.86. The van der Waals surface area contributed by atoms with Crippen molar-refractivity contribution in [3.8, 4) is 11.5 Å². The molecule has 4 nitrogen and oxygen atoms in total. The minimum Gasteiger partial charge on any atom is -0.484 e. The van der Waals surface area contributed by atoms with E-state index in [1.807, 2.05) is 32.0 Å². The van der Waals surface area contributed by atoms with Crippen LogP contribution in [-0.2, 0) is 0 Å². The molecule has 0 aliphatic rings. The van der Waals surface area contributed by atoms with E-state index in [0.717, 1.165) is 17.2 Å². The summed E-state index contributed by atoms with van der Waals surface area (Å²) in [4.78, 5) is 0. The van der Waals surface area contributed by atoms with E-state index in [2.05, 4.69) is 20.1 Å². The van der Waals surface area contributed by atoms with Gasteiger partial charge in [0.05, 0.1) is 0 Å². The van der Waals surface area contributed by atoms with E-state index in [4.69, 9.17) is 12.2 Å². The van der Waals surface area contributed by atoms with Crippen molar-refractivity contribution in [2.24, 2.45) is 0 Å². The molecule has 0 unspecified atom stereocenters. The Labute approximate surface area is 174 Å². The van der Waals surface area contributed by atoms with Crippen LogP contribution in [0.15, 0.2) is 36.4 Å². The molecule has 0 fully saturated rings. The Bertz CT molecular complexity index is 843. The van der Waals surface area contributed by atoms with E-state index >= 15 is 0 Å². The van der Waals surface area contributed by atoms with Crippen LogP contribution < -0.4 is 20.1 Å². The summed E-state index contributed by atoms with van der Waals surface area (Å²) in [7, 11) is 0. The van der Waals surface area contributed by atoms with Gasteiger partial charge < -0.3 is 20.1 Å². The van der Waals surface area contributed by atoms with E-state index in [1.54, 1.807) is 0 Å². The van der Waals surface area contributed by atoms with Gasteiger partial charge in [-0.2, -0.15) is 26.3 Å². The monoisotopic (exact) mass is 452 g/mol. The molecule has 0 aromatic heterocycles. The van der Waals surface area contributed by atoms with Crippen LogP contribution in [0.4, 0.5) is 37.7 Å². The van der Waals surface area contributed by atoms with Gasteiger partial charge in [-0.1, -0.05) is 6.07 Å². The number of thiocarbonyl (C=S) groups is 1. The Morgan fingerprint density at radius 1 is 0.733 bits per heavy atom. The largest absolute Gasteiger partial charge is 0.484 e. The number of nitrogens with one attached hydrogen (secondary N) is 2. The minimum atomic E-state index is -4.61. The van der Waals surface area contributed by atoms with Crippen LogP contribution in [0.2, 0.25) is 0 Å². The lowest BCUT2D eigenvalue weighted by Crippen LogP contribution is -2.21. The number of alkyl halides is 6. The summed E-state index contributed by atoms with van der Waals surface area (Å²) in [5.74, 6) is -0.660. The SMILES string of the molecule is Cc1cc(C)cc(NC(=S)Nc2cc(OCC(F)(F)F)cc(OCC(F)(F)F)c2)c1. The second-order valence-electron chi connectivity index (χ2n) is 6.46. The van der Waals surface area contributed by atoms with Gasteiger partial charge in [0, 0.05) is 29.6 Å². The van der Waals surface area contributed by atoms with Crippen LogP contribution >= 0.6 is 12.2 Å². The summed E-state index contributed by atoms with van der Waals surface area (Å²) in [6.07, 6.45) is -9.23. The number of benzene rings is 2. The summed E-state index contributed by atoms with van der Waals surface area (Å²) in [6, 6.07) is 8.86. The van der Waals surface area contributed by atoms with Crippen molar-refractivity contribution in [2.45, 2.75) is 26.2 Å². The molecule has 0 atom stereocenters. The van der Waals surface area contributed by atoms with Gasteiger partial charge >= 0.3 is 12.4 Å². The zero-order chi connectivity index (χ0) is 22.5. The predicted octanol–water partition coefficient (Wildman–Crippen LogP) is 5.99. The van der Waals surface area contributed by atoms with Crippen molar-refractivity contribution in [1.29, 1.82) is 0 Å². The molecule has 2 N–H and O–H groups in total. The normalized spacial score (nSPS) is 11.7. The summed E-state index contributed by atoms with van der Waals surface area (Å²) in [6.45, 7) is 0.557. The first-order valence-corrected chi connectivity index (χ1v) is 8.90. The minimum absolute atomic E-state index is 0.0785. The Kier molecular flexibility index (Phi) is 7.40. The number of anilines is 2. The Morgan fingerprint density at radius 3 is 1.53 bits per heavy atom. The van der Waals surface area contributed by atoms with Gasteiger partial charge in [0.1, 0.15) is 11.5 Å². The Morgan fingerprint density at radius 2 is 1.13 bits per heavy atom. The van der Waals surface area contributed by atoms with Crippen LogP contribution in [-0.4, -0.2) is 30.7 Å². The topological polar surface area (TPSA) is 42.5 Å². The molecule has 2 aromatic rings. The first-order valence-electron chi connectivity index (χ1n) is 8.49. The van der Waals surface area contributed by atoms with Crippen LogP contribution in [0.25, 0.3) is 0 Å². The van der Waals surface area contributed by atoms with Crippen molar-refractivity contribution < 1.29 is 35.8 Å². The summed E-state index contributed by atoms with van der Waals surface area (Å²) < 4.78 is 83.7. The molecule has 0 heterocycles. The van der Waals surface area contributed by atoms with Crippen LogP contribution in [0.3, 0.4) is 0 Å². The van der Waals surface area contributed by atoms with Crippen molar-refractivity contribution in [2.75, 3.05) is 23.8 Å². The van der Waals surface area contributed by atoms with Gasteiger partial charge in [-0.15, -0.1) is 0 Å². The summed E-state index contributed by atoms with van der Waals surface area (Å²) in [5.41, 5.74) is 2.72. The fraction of sp³-hybridized carbons (Fsp3) is 0.316. The molecule has 2 aromatic carbocycles. The number of hydrogen-bond donors (Lipinski definition) is 2. The van der Waals surface area contributed by atoms with Crippen molar-refractivity contribution in [1.82, 2.24) is 0 Å². The van der Waals surface area contributed by atoms with E-state index in [0.29, 0.717) is 5.69 Å². The predicted molar refractivity (Wildman–Crippen MR) is 105 cm³/mol. The van der Waals surface area contributed by atoms with Crippen LogP contribution in [0.1, 0.15) is 11.1 Å². The quantitative estimate of drug-likeness (QED) is 0.416. The summed E-state index contributed by atoms with van der Waals surface area (Å²) >= 11 is 5.18. The van der Waals surface area contributed by atoms with Crippen LogP contribution in [0.5, 0.6) is 11.5 Å². The maximum Gasteiger partial charge on any atom is 0.422 e. The highest BCUT2D eigenvalue weighted by Crippen LogP contribution is 2.29. The van der Waals surface area contributed by atoms with Gasteiger partial charge in [-0.05, 0) is 49.3 Å². The number of ether oxygens (including phenoxy) is 2. The van der Waals surface area contributed by atoms with Crippen molar-refractivity contribution >= 4 is 28.7 Å². The molecule has 0 spiro atoms. The average molecular weight is 452 g/mol. The average Bonchev–Trinajstić information content (AvgIpc) is 2.56. The van der Waals surface area contributed by atoms with Crippen LogP contribution in [0, 0.1) is 13.8 Å². The van der Waals surface area contributed by atoms with Gasteiger partial charge in [-0.25, -0.2) is 0 Å². The first-order chi connectivity index (χ1) is 13.8. The molecular weight excluding hydrogens is 434 g/mol. The van der Waals surface area contributed by atoms with Crippen molar-refractivity contribution in [3.05, 3.63) is 47.5 Å².